The van der Waals surface area contributed by atoms with E-state index >= 15 is 0 Å². The fourth-order valence-corrected chi connectivity index (χ4v) is 4.91. The van der Waals surface area contributed by atoms with E-state index in [1.807, 2.05) is 45.0 Å². The molecule has 2 N–H and O–H groups in total. The van der Waals surface area contributed by atoms with E-state index in [1.165, 1.54) is 0 Å². The summed E-state index contributed by atoms with van der Waals surface area (Å²) in [6, 6.07) is 8.59. The Morgan fingerprint density at radius 2 is 1.37 bits per heavy atom. The summed E-state index contributed by atoms with van der Waals surface area (Å²) in [7, 11) is 0. The zero-order valence-electron chi connectivity index (χ0n) is 20.2. The number of carbonyl (C=O) groups excluding carboxylic acids is 2. The van der Waals surface area contributed by atoms with Crippen molar-refractivity contribution in [1.29, 1.82) is 0 Å². The molecule has 5 rings (SSSR count). The quantitative estimate of drug-likeness (QED) is 0.524. The molecule has 2 atom stereocenters. The highest BCUT2D eigenvalue weighted by atomic mass is 16.5. The maximum Gasteiger partial charge on any atom is 0.322 e. The van der Waals surface area contributed by atoms with E-state index in [0.29, 0.717) is 36.0 Å². The molecule has 0 spiro atoms. The van der Waals surface area contributed by atoms with Crippen molar-refractivity contribution < 1.29 is 18.6 Å². The molecule has 2 saturated heterocycles. The summed E-state index contributed by atoms with van der Waals surface area (Å²) in [5.41, 5.74) is 3.75. The Kier molecular flexibility index (Phi) is 6.19. The van der Waals surface area contributed by atoms with Crippen LogP contribution in [-0.4, -0.2) is 45.3 Å². The van der Waals surface area contributed by atoms with Crippen LogP contribution in [-0.2, 0) is 0 Å². The fraction of sp³-hybridized carbons (Fsp3) is 0.440. The van der Waals surface area contributed by atoms with Gasteiger partial charge in [0.15, 0.2) is 11.5 Å². The van der Waals surface area contributed by atoms with Gasteiger partial charge in [0.2, 0.25) is 0 Å². The van der Waals surface area contributed by atoms with Crippen LogP contribution in [0.2, 0.25) is 0 Å². The molecule has 35 heavy (non-hydrogen) atoms. The summed E-state index contributed by atoms with van der Waals surface area (Å²) in [5, 5.41) is 13.9. The number of urea groups is 2. The molecular weight excluding hydrogens is 448 g/mol. The van der Waals surface area contributed by atoms with Gasteiger partial charge in [-0.3, -0.25) is 0 Å². The molecule has 184 valence electrons. The zero-order valence-corrected chi connectivity index (χ0v) is 20.2. The Morgan fingerprint density at radius 3 is 1.89 bits per heavy atom. The summed E-state index contributed by atoms with van der Waals surface area (Å²) in [5.74, 6) is 1.41. The molecule has 3 aromatic rings. The summed E-state index contributed by atoms with van der Waals surface area (Å²) in [4.78, 5) is 29.8. The average Bonchev–Trinajstić information content (AvgIpc) is 3.62. The number of carbonyl (C=O) groups is 2. The SMILES string of the molecule is Cc1cc([C@H]2CCCN2C(=O)Nc2cc(NC(=O)N3CCC[C@H]3c3cc(C)no3)ccc2C)on1. The third-order valence-corrected chi connectivity index (χ3v) is 6.71. The van der Waals surface area contributed by atoms with Crippen LogP contribution in [0.3, 0.4) is 0 Å². The van der Waals surface area contributed by atoms with Crippen molar-refractivity contribution in [3.8, 4) is 0 Å². The minimum absolute atomic E-state index is 0.132. The summed E-state index contributed by atoms with van der Waals surface area (Å²) in [6.45, 7) is 6.94. The van der Waals surface area contributed by atoms with Gasteiger partial charge in [0.25, 0.3) is 0 Å². The Hall–Kier alpha value is -3.82. The van der Waals surface area contributed by atoms with Crippen LogP contribution < -0.4 is 10.6 Å². The molecule has 0 unspecified atom stereocenters. The minimum atomic E-state index is -0.206. The number of nitrogens with one attached hydrogen (secondary N) is 2. The molecule has 2 aliphatic heterocycles. The second kappa shape index (κ2) is 9.44. The first kappa shape index (κ1) is 22.9. The number of anilines is 2. The molecule has 2 aromatic heterocycles. The van der Waals surface area contributed by atoms with Crippen LogP contribution in [0.15, 0.2) is 39.4 Å². The van der Waals surface area contributed by atoms with Gasteiger partial charge >= 0.3 is 12.1 Å². The second-order valence-corrected chi connectivity index (χ2v) is 9.33. The van der Waals surface area contributed by atoms with Gasteiger partial charge in [-0.1, -0.05) is 16.4 Å². The Balaban J connectivity index is 1.27. The number of hydrogen-bond donors (Lipinski definition) is 2. The molecule has 10 heteroatoms. The highest BCUT2D eigenvalue weighted by Crippen LogP contribution is 2.34. The largest absolute Gasteiger partial charge is 0.359 e. The summed E-state index contributed by atoms with van der Waals surface area (Å²) >= 11 is 0. The number of amides is 4. The van der Waals surface area contributed by atoms with E-state index in [9.17, 15) is 9.59 Å². The van der Waals surface area contributed by atoms with Gasteiger partial charge < -0.3 is 29.5 Å². The van der Waals surface area contributed by atoms with E-state index in [2.05, 4.69) is 20.9 Å². The van der Waals surface area contributed by atoms with Crippen LogP contribution in [0.1, 0.15) is 66.2 Å². The van der Waals surface area contributed by atoms with Crippen LogP contribution >= 0.6 is 0 Å². The first-order valence-electron chi connectivity index (χ1n) is 12.0. The number of hydrogen-bond acceptors (Lipinski definition) is 6. The predicted octanol–water partition coefficient (Wildman–Crippen LogP) is 5.33. The number of aryl methyl sites for hydroxylation is 3. The molecule has 2 fully saturated rings. The molecular formula is C25H30N6O4. The molecule has 0 radical (unpaired) electrons. The molecule has 4 heterocycles. The third kappa shape index (κ3) is 4.73. The van der Waals surface area contributed by atoms with Crippen molar-refractivity contribution in [3.05, 3.63) is 58.8 Å². The first-order valence-corrected chi connectivity index (χ1v) is 12.0. The lowest BCUT2D eigenvalue weighted by Gasteiger charge is -2.24. The van der Waals surface area contributed by atoms with Crippen molar-refractivity contribution in [2.45, 2.75) is 58.5 Å². The van der Waals surface area contributed by atoms with Crippen molar-refractivity contribution in [3.63, 3.8) is 0 Å². The molecule has 0 saturated carbocycles. The Labute approximate surface area is 203 Å². The topological polar surface area (TPSA) is 117 Å². The fourth-order valence-electron chi connectivity index (χ4n) is 4.91. The minimum Gasteiger partial charge on any atom is -0.359 e. The number of rotatable bonds is 4. The van der Waals surface area contributed by atoms with Gasteiger partial charge in [0.1, 0.15) is 0 Å². The van der Waals surface area contributed by atoms with E-state index < -0.39 is 0 Å². The highest BCUT2D eigenvalue weighted by molar-refractivity contribution is 5.94. The maximum absolute atomic E-state index is 13.1. The van der Waals surface area contributed by atoms with E-state index in [4.69, 9.17) is 9.05 Å². The van der Waals surface area contributed by atoms with Gasteiger partial charge in [-0.05, 0) is 64.2 Å². The van der Waals surface area contributed by atoms with Gasteiger partial charge in [0.05, 0.1) is 23.5 Å². The van der Waals surface area contributed by atoms with Crippen LogP contribution in [0.4, 0.5) is 21.0 Å². The average molecular weight is 479 g/mol. The van der Waals surface area contributed by atoms with Crippen molar-refractivity contribution in [2.75, 3.05) is 23.7 Å². The van der Waals surface area contributed by atoms with Gasteiger partial charge in [-0.2, -0.15) is 0 Å². The molecule has 2 aliphatic rings. The summed E-state index contributed by atoms with van der Waals surface area (Å²) in [6.07, 6.45) is 3.46. The smallest absolute Gasteiger partial charge is 0.322 e. The van der Waals surface area contributed by atoms with E-state index in [1.54, 1.807) is 15.9 Å². The van der Waals surface area contributed by atoms with Gasteiger partial charge in [-0.15, -0.1) is 0 Å². The molecule has 0 bridgehead atoms. The van der Waals surface area contributed by atoms with Crippen LogP contribution in [0, 0.1) is 20.8 Å². The lowest BCUT2D eigenvalue weighted by molar-refractivity contribution is 0.195. The zero-order chi connectivity index (χ0) is 24.5. The van der Waals surface area contributed by atoms with Gasteiger partial charge in [-0.25, -0.2) is 9.59 Å². The molecule has 1 aromatic carbocycles. The first-order chi connectivity index (χ1) is 16.9. The lowest BCUT2D eigenvalue weighted by Crippen LogP contribution is -2.35. The normalized spacial score (nSPS) is 19.9. The summed E-state index contributed by atoms with van der Waals surface area (Å²) < 4.78 is 10.8. The highest BCUT2D eigenvalue weighted by Gasteiger charge is 2.34. The maximum atomic E-state index is 13.1. The third-order valence-electron chi connectivity index (χ3n) is 6.71. The second-order valence-electron chi connectivity index (χ2n) is 9.33. The monoisotopic (exact) mass is 478 g/mol. The van der Waals surface area contributed by atoms with Crippen molar-refractivity contribution in [1.82, 2.24) is 20.1 Å². The van der Waals surface area contributed by atoms with Crippen LogP contribution in [0.25, 0.3) is 0 Å². The standard InChI is InChI=1S/C25H30N6O4/c1-15-8-9-18(26-24(32)30-10-4-6-20(30)22-12-16(2)28-34-22)14-19(15)27-25(33)31-11-5-7-21(31)23-13-17(3)29-35-23/h8-9,12-14,20-21H,4-7,10-11H2,1-3H3,(H,26,32)(H,27,33)/t20-,21+/m0/s1. The predicted molar refractivity (Wildman–Crippen MR) is 129 cm³/mol. The number of aromatic nitrogens is 2. The molecule has 4 amide bonds. The van der Waals surface area contributed by atoms with E-state index in [-0.39, 0.29) is 24.1 Å². The molecule has 10 nitrogen and oxygen atoms in total. The Morgan fingerprint density at radius 1 is 0.829 bits per heavy atom. The lowest BCUT2D eigenvalue weighted by atomic mass is 10.1. The molecule has 0 aliphatic carbocycles. The van der Waals surface area contributed by atoms with Crippen LogP contribution in [0.5, 0.6) is 0 Å². The van der Waals surface area contributed by atoms with Crippen molar-refractivity contribution >= 4 is 23.4 Å². The van der Waals surface area contributed by atoms with Gasteiger partial charge in [0, 0.05) is 36.6 Å². The van der Waals surface area contributed by atoms with E-state index in [0.717, 1.165) is 42.6 Å². The number of nitrogens with zero attached hydrogens (tertiary/aromatic N) is 4. The number of benzene rings is 1. The Bertz CT molecular complexity index is 1230. The van der Waals surface area contributed by atoms with Crippen molar-refractivity contribution in [2.24, 2.45) is 0 Å². The number of likely N-dealkylation sites (tertiary alicyclic amines) is 2.